The number of hydrogen-bond donors (Lipinski definition) is 2. The number of ether oxygens (including phenoxy) is 2. The van der Waals surface area contributed by atoms with Crippen molar-refractivity contribution < 1.29 is 19.1 Å². The Balaban J connectivity index is 2.04. The van der Waals surface area contributed by atoms with Gasteiger partial charge in [0.1, 0.15) is 0 Å². The van der Waals surface area contributed by atoms with E-state index in [-0.39, 0.29) is 6.10 Å². The van der Waals surface area contributed by atoms with E-state index in [9.17, 15) is 9.59 Å². The van der Waals surface area contributed by atoms with Crippen LogP contribution < -0.4 is 20.3 Å². The highest BCUT2D eigenvalue weighted by Gasteiger charge is 2.13. The first-order valence-electron chi connectivity index (χ1n) is 7.61. The zero-order valence-electron chi connectivity index (χ0n) is 14.1. The fourth-order valence-electron chi connectivity index (χ4n) is 2.05. The van der Waals surface area contributed by atoms with Crippen LogP contribution in [-0.2, 0) is 0 Å². The van der Waals surface area contributed by atoms with E-state index in [0.29, 0.717) is 22.6 Å². The van der Waals surface area contributed by atoms with E-state index in [0.717, 1.165) is 3.57 Å². The number of hydrogen-bond acceptors (Lipinski definition) is 4. The quantitative estimate of drug-likeness (QED) is 0.538. The Morgan fingerprint density at radius 3 is 2.16 bits per heavy atom. The fraction of sp³-hybridized carbons (Fsp3) is 0.222. The highest BCUT2D eigenvalue weighted by atomic mass is 127. The third-order valence-corrected chi connectivity index (χ3v) is 3.84. The van der Waals surface area contributed by atoms with Crippen LogP contribution >= 0.6 is 22.6 Å². The summed E-state index contributed by atoms with van der Waals surface area (Å²) in [6.45, 7) is 3.81. The molecule has 0 aromatic heterocycles. The van der Waals surface area contributed by atoms with Crippen LogP contribution in [0.25, 0.3) is 0 Å². The molecule has 2 aromatic carbocycles. The van der Waals surface area contributed by atoms with Crippen molar-refractivity contribution in [2.24, 2.45) is 0 Å². The number of rotatable bonds is 5. The van der Waals surface area contributed by atoms with Gasteiger partial charge < -0.3 is 9.47 Å². The van der Waals surface area contributed by atoms with Gasteiger partial charge in [0.05, 0.1) is 13.2 Å². The van der Waals surface area contributed by atoms with Gasteiger partial charge in [0.25, 0.3) is 11.8 Å². The van der Waals surface area contributed by atoms with Gasteiger partial charge in [-0.1, -0.05) is 6.07 Å². The molecule has 7 heteroatoms. The Kier molecular flexibility index (Phi) is 6.63. The predicted octanol–water partition coefficient (Wildman–Crippen LogP) is 3.16. The molecule has 0 aliphatic heterocycles. The van der Waals surface area contributed by atoms with Gasteiger partial charge in [-0.15, -0.1) is 0 Å². The molecule has 2 N–H and O–H groups in total. The lowest BCUT2D eigenvalue weighted by Crippen LogP contribution is -2.41. The minimum atomic E-state index is -0.451. The van der Waals surface area contributed by atoms with Crippen molar-refractivity contribution in [2.45, 2.75) is 20.0 Å². The number of halogens is 1. The molecular weight excluding hydrogens is 435 g/mol. The van der Waals surface area contributed by atoms with Crippen molar-refractivity contribution in [1.82, 2.24) is 10.9 Å². The topological polar surface area (TPSA) is 76.7 Å². The van der Waals surface area contributed by atoms with Gasteiger partial charge in [-0.25, -0.2) is 0 Å². The molecule has 2 rings (SSSR count). The van der Waals surface area contributed by atoms with Gasteiger partial charge in [-0.2, -0.15) is 0 Å². The van der Waals surface area contributed by atoms with Crippen molar-refractivity contribution in [2.75, 3.05) is 7.11 Å². The molecule has 0 saturated heterocycles. The van der Waals surface area contributed by atoms with Gasteiger partial charge in [-0.05, 0) is 72.8 Å². The van der Waals surface area contributed by atoms with E-state index in [1.54, 1.807) is 36.4 Å². The molecule has 0 aliphatic carbocycles. The molecule has 0 atom stereocenters. The summed E-state index contributed by atoms with van der Waals surface area (Å²) in [4.78, 5) is 24.3. The van der Waals surface area contributed by atoms with Gasteiger partial charge in [0.2, 0.25) is 0 Å². The molecule has 0 heterocycles. The Bertz CT molecular complexity index is 777. The van der Waals surface area contributed by atoms with E-state index in [1.807, 2.05) is 19.9 Å². The summed E-state index contributed by atoms with van der Waals surface area (Å²) in [5.41, 5.74) is 5.59. The summed E-state index contributed by atoms with van der Waals surface area (Å²) in [6.07, 6.45) is -0.0125. The average Bonchev–Trinajstić information content (AvgIpc) is 2.59. The standard InChI is InChI=1S/C18H19IN2O4/c1-11(2)25-15-8-7-13(10-16(15)24-3)18(23)21-20-17(22)12-5-4-6-14(19)9-12/h4-11H,1-3H3,(H,20,22)(H,21,23). The monoisotopic (exact) mass is 454 g/mol. The number of carbonyl (C=O) groups excluding carboxylic acids is 2. The number of hydrazine groups is 1. The zero-order valence-corrected chi connectivity index (χ0v) is 16.3. The van der Waals surface area contributed by atoms with E-state index in [4.69, 9.17) is 9.47 Å². The molecule has 0 aliphatic rings. The summed E-state index contributed by atoms with van der Waals surface area (Å²) >= 11 is 2.12. The minimum absolute atomic E-state index is 0.0125. The smallest absolute Gasteiger partial charge is 0.269 e. The molecule has 0 bridgehead atoms. The maximum absolute atomic E-state index is 12.2. The van der Waals surface area contributed by atoms with E-state index >= 15 is 0 Å². The highest BCUT2D eigenvalue weighted by molar-refractivity contribution is 14.1. The van der Waals surface area contributed by atoms with Crippen molar-refractivity contribution >= 4 is 34.4 Å². The Morgan fingerprint density at radius 1 is 0.960 bits per heavy atom. The van der Waals surface area contributed by atoms with Crippen LogP contribution in [0.3, 0.4) is 0 Å². The summed E-state index contributed by atoms with van der Waals surface area (Å²) in [6, 6.07) is 11.9. The van der Waals surface area contributed by atoms with Gasteiger partial charge in [0.15, 0.2) is 11.5 Å². The second-order valence-corrected chi connectivity index (χ2v) is 6.70. The first-order valence-corrected chi connectivity index (χ1v) is 8.69. The fourth-order valence-corrected chi connectivity index (χ4v) is 2.59. The zero-order chi connectivity index (χ0) is 18.4. The molecule has 2 amide bonds. The first kappa shape index (κ1) is 19.0. The van der Waals surface area contributed by atoms with E-state index in [2.05, 4.69) is 33.4 Å². The largest absolute Gasteiger partial charge is 0.493 e. The number of carbonyl (C=O) groups is 2. The van der Waals surface area contributed by atoms with Gasteiger partial charge >= 0.3 is 0 Å². The predicted molar refractivity (Wildman–Crippen MR) is 103 cm³/mol. The maximum Gasteiger partial charge on any atom is 0.269 e. The Labute approximate surface area is 160 Å². The highest BCUT2D eigenvalue weighted by Crippen LogP contribution is 2.28. The first-order chi connectivity index (χ1) is 11.9. The van der Waals surface area contributed by atoms with Gasteiger partial charge in [-0.3, -0.25) is 20.4 Å². The average molecular weight is 454 g/mol. The molecule has 0 spiro atoms. The molecule has 0 fully saturated rings. The van der Waals surface area contributed by atoms with E-state index < -0.39 is 11.8 Å². The third kappa shape index (κ3) is 5.35. The Hall–Kier alpha value is -2.29. The van der Waals surface area contributed by atoms with Crippen LogP contribution in [0.4, 0.5) is 0 Å². The second kappa shape index (κ2) is 8.70. The lowest BCUT2D eigenvalue weighted by molar-refractivity contribution is 0.0846. The number of benzene rings is 2. The molecule has 25 heavy (non-hydrogen) atoms. The van der Waals surface area contributed by atoms with E-state index in [1.165, 1.54) is 7.11 Å². The third-order valence-electron chi connectivity index (χ3n) is 3.16. The number of nitrogens with one attached hydrogen (secondary N) is 2. The lowest BCUT2D eigenvalue weighted by Gasteiger charge is -2.14. The number of amides is 2. The van der Waals surface area contributed by atoms with Crippen LogP contribution in [0, 0.1) is 3.57 Å². The second-order valence-electron chi connectivity index (χ2n) is 5.45. The Morgan fingerprint density at radius 2 is 1.60 bits per heavy atom. The SMILES string of the molecule is COc1cc(C(=O)NNC(=O)c2cccc(I)c2)ccc1OC(C)C. The molecule has 132 valence electrons. The molecular formula is C18H19IN2O4. The van der Waals surface area contributed by atoms with Crippen molar-refractivity contribution in [1.29, 1.82) is 0 Å². The number of methoxy groups -OCH3 is 1. The summed E-state index contributed by atoms with van der Waals surface area (Å²) in [5, 5.41) is 0. The molecule has 0 saturated carbocycles. The molecule has 2 aromatic rings. The normalized spacial score (nSPS) is 10.3. The van der Waals surface area contributed by atoms with Crippen LogP contribution in [0.1, 0.15) is 34.6 Å². The van der Waals surface area contributed by atoms with Crippen LogP contribution in [0.5, 0.6) is 11.5 Å². The summed E-state index contributed by atoms with van der Waals surface area (Å²) in [7, 11) is 1.50. The van der Waals surface area contributed by atoms with Crippen LogP contribution in [-0.4, -0.2) is 25.0 Å². The minimum Gasteiger partial charge on any atom is -0.493 e. The lowest BCUT2D eigenvalue weighted by atomic mass is 10.2. The summed E-state index contributed by atoms with van der Waals surface area (Å²) < 4.78 is 11.8. The van der Waals surface area contributed by atoms with Crippen molar-refractivity contribution in [3.8, 4) is 11.5 Å². The molecule has 0 unspecified atom stereocenters. The van der Waals surface area contributed by atoms with Crippen molar-refractivity contribution in [3.63, 3.8) is 0 Å². The van der Waals surface area contributed by atoms with Crippen LogP contribution in [0.2, 0.25) is 0 Å². The maximum atomic E-state index is 12.2. The summed E-state index contributed by atoms with van der Waals surface area (Å²) in [5.74, 6) is 0.161. The van der Waals surface area contributed by atoms with Crippen molar-refractivity contribution in [3.05, 3.63) is 57.2 Å². The van der Waals surface area contributed by atoms with Crippen LogP contribution in [0.15, 0.2) is 42.5 Å². The molecule has 6 nitrogen and oxygen atoms in total. The molecule has 0 radical (unpaired) electrons. The van der Waals surface area contributed by atoms with Gasteiger partial charge in [0, 0.05) is 14.7 Å².